The number of ether oxygens (including phenoxy) is 3. The molecule has 1 aromatic rings. The molecule has 1 aliphatic rings. The molecule has 0 radical (unpaired) electrons. The number of methoxy groups -OCH3 is 2. The molecule has 0 aliphatic carbocycles. The quantitative estimate of drug-likeness (QED) is 0.452. The van der Waals surface area contributed by atoms with E-state index in [4.69, 9.17) is 14.2 Å². The predicted molar refractivity (Wildman–Crippen MR) is 83.8 cm³/mol. The Morgan fingerprint density at radius 1 is 1.22 bits per heavy atom. The van der Waals surface area contributed by atoms with Gasteiger partial charge in [0.25, 0.3) is 0 Å². The molecule has 1 heterocycles. The van der Waals surface area contributed by atoms with Crippen LogP contribution in [0.1, 0.15) is 25.3 Å². The van der Waals surface area contributed by atoms with E-state index in [0.717, 1.165) is 4.47 Å². The van der Waals surface area contributed by atoms with E-state index in [0.29, 0.717) is 11.3 Å². The Bertz CT molecular complexity index is 667. The number of hydrogen-bond donors (Lipinski definition) is 0. The van der Waals surface area contributed by atoms with Crippen molar-refractivity contribution in [2.24, 2.45) is 11.3 Å². The van der Waals surface area contributed by atoms with Crippen LogP contribution in [0.5, 0.6) is 5.75 Å². The van der Waals surface area contributed by atoms with Gasteiger partial charge in [0, 0.05) is 16.0 Å². The number of halogens is 1. The first kappa shape index (κ1) is 17.5. The highest BCUT2D eigenvalue weighted by atomic mass is 79.9. The molecule has 0 bridgehead atoms. The van der Waals surface area contributed by atoms with Gasteiger partial charge in [0.2, 0.25) is 0 Å². The van der Waals surface area contributed by atoms with Gasteiger partial charge in [0.1, 0.15) is 5.75 Å². The van der Waals surface area contributed by atoms with Crippen molar-refractivity contribution in [3.63, 3.8) is 0 Å². The highest BCUT2D eigenvalue weighted by Crippen LogP contribution is 2.49. The molecule has 1 aliphatic heterocycles. The molecule has 0 saturated carbocycles. The topological polar surface area (TPSA) is 78.9 Å². The fourth-order valence-corrected chi connectivity index (χ4v) is 3.28. The van der Waals surface area contributed by atoms with E-state index < -0.39 is 35.2 Å². The maximum absolute atomic E-state index is 12.3. The van der Waals surface area contributed by atoms with Gasteiger partial charge < -0.3 is 14.2 Å². The van der Waals surface area contributed by atoms with Crippen LogP contribution in [0.4, 0.5) is 0 Å². The third-order valence-electron chi connectivity index (χ3n) is 4.05. The van der Waals surface area contributed by atoms with Crippen molar-refractivity contribution in [3.05, 3.63) is 28.2 Å². The monoisotopic (exact) mass is 384 g/mol. The lowest BCUT2D eigenvalue weighted by Gasteiger charge is -2.38. The normalized spacial score (nSPS) is 20.3. The molecule has 0 amide bonds. The first-order valence-corrected chi connectivity index (χ1v) is 7.70. The maximum Gasteiger partial charge on any atom is 0.326 e. The second-order valence-corrected chi connectivity index (χ2v) is 6.71. The Kier molecular flexibility index (Phi) is 4.79. The second-order valence-electron chi connectivity index (χ2n) is 5.80. The smallest absolute Gasteiger partial charge is 0.326 e. The summed E-state index contributed by atoms with van der Waals surface area (Å²) in [6.07, 6.45) is 0. The molecule has 2 unspecified atom stereocenters. The summed E-state index contributed by atoms with van der Waals surface area (Å²) in [5.74, 6) is -3.71. The zero-order valence-corrected chi connectivity index (χ0v) is 14.8. The molecule has 2 rings (SSSR count). The van der Waals surface area contributed by atoms with Gasteiger partial charge in [0.05, 0.1) is 19.6 Å². The number of rotatable bonds is 3. The molecule has 23 heavy (non-hydrogen) atoms. The summed E-state index contributed by atoms with van der Waals surface area (Å²) in [7, 11) is 2.45. The molecule has 0 spiro atoms. The van der Waals surface area contributed by atoms with Crippen LogP contribution >= 0.6 is 15.9 Å². The molecule has 0 fully saturated rings. The highest BCUT2D eigenvalue weighted by Gasteiger charge is 2.53. The van der Waals surface area contributed by atoms with Crippen molar-refractivity contribution in [2.45, 2.75) is 19.8 Å². The SMILES string of the molecule is COC(=O)C1C(=O)Oc2ccc(Br)cc2C1C(C)(C)C(=O)OC. The fraction of sp³-hybridized carbons (Fsp3) is 0.438. The summed E-state index contributed by atoms with van der Waals surface area (Å²) >= 11 is 3.36. The highest BCUT2D eigenvalue weighted by molar-refractivity contribution is 9.10. The van der Waals surface area contributed by atoms with Crippen LogP contribution < -0.4 is 4.74 Å². The zero-order valence-electron chi connectivity index (χ0n) is 13.2. The molecular weight excluding hydrogens is 368 g/mol. The number of benzene rings is 1. The predicted octanol–water partition coefficient (Wildman–Crippen LogP) is 2.44. The number of carbonyl (C=O) groups excluding carboxylic acids is 3. The Morgan fingerprint density at radius 3 is 2.43 bits per heavy atom. The van der Waals surface area contributed by atoms with Gasteiger partial charge in [-0.3, -0.25) is 14.4 Å². The van der Waals surface area contributed by atoms with Gasteiger partial charge in [-0.1, -0.05) is 15.9 Å². The average molecular weight is 385 g/mol. The van der Waals surface area contributed by atoms with E-state index in [1.54, 1.807) is 32.0 Å². The average Bonchev–Trinajstić information content (AvgIpc) is 2.52. The van der Waals surface area contributed by atoms with Crippen molar-refractivity contribution in [3.8, 4) is 5.75 Å². The lowest BCUT2D eigenvalue weighted by atomic mass is 9.67. The fourth-order valence-electron chi connectivity index (χ4n) is 2.90. The molecule has 2 atom stereocenters. The van der Waals surface area contributed by atoms with E-state index in [2.05, 4.69) is 15.9 Å². The number of esters is 3. The van der Waals surface area contributed by atoms with E-state index in [1.807, 2.05) is 0 Å². The summed E-state index contributed by atoms with van der Waals surface area (Å²) in [6.45, 7) is 3.26. The van der Waals surface area contributed by atoms with Crippen LogP contribution in [0.25, 0.3) is 0 Å². The minimum Gasteiger partial charge on any atom is -0.469 e. The van der Waals surface area contributed by atoms with Crippen LogP contribution in [0, 0.1) is 11.3 Å². The summed E-state index contributed by atoms with van der Waals surface area (Å²) in [4.78, 5) is 36.7. The van der Waals surface area contributed by atoms with Gasteiger partial charge >= 0.3 is 17.9 Å². The van der Waals surface area contributed by atoms with Gasteiger partial charge in [-0.05, 0) is 32.0 Å². The minimum atomic E-state index is -1.24. The van der Waals surface area contributed by atoms with E-state index in [1.165, 1.54) is 14.2 Å². The van der Waals surface area contributed by atoms with Gasteiger partial charge in [-0.25, -0.2) is 0 Å². The maximum atomic E-state index is 12.3. The first-order chi connectivity index (χ1) is 10.7. The summed E-state index contributed by atoms with van der Waals surface area (Å²) in [5, 5.41) is 0. The van der Waals surface area contributed by atoms with Crippen LogP contribution in [0.2, 0.25) is 0 Å². The van der Waals surface area contributed by atoms with Crippen molar-refractivity contribution in [1.82, 2.24) is 0 Å². The Morgan fingerprint density at radius 2 is 1.87 bits per heavy atom. The minimum absolute atomic E-state index is 0.320. The van der Waals surface area contributed by atoms with Gasteiger partial charge in [0.15, 0.2) is 5.92 Å². The van der Waals surface area contributed by atoms with Crippen LogP contribution in [0.3, 0.4) is 0 Å². The van der Waals surface area contributed by atoms with Crippen molar-refractivity contribution >= 4 is 33.8 Å². The molecular formula is C16H17BrO6. The van der Waals surface area contributed by atoms with E-state index in [9.17, 15) is 14.4 Å². The molecule has 124 valence electrons. The van der Waals surface area contributed by atoms with Crippen LogP contribution in [-0.2, 0) is 23.9 Å². The van der Waals surface area contributed by atoms with E-state index >= 15 is 0 Å². The second kappa shape index (κ2) is 6.31. The molecule has 0 aromatic heterocycles. The summed E-state index contributed by atoms with van der Waals surface area (Å²) in [5.41, 5.74) is -0.562. The molecule has 7 heteroatoms. The Labute approximate surface area is 142 Å². The van der Waals surface area contributed by atoms with Crippen molar-refractivity contribution in [1.29, 1.82) is 0 Å². The Hall–Kier alpha value is -1.89. The molecule has 1 aromatic carbocycles. The number of fused-ring (bicyclic) bond motifs is 1. The standard InChI is InChI=1S/C16H17BrO6/c1-16(2,15(20)22-4)12-9-7-8(17)5-6-10(9)23-14(19)11(12)13(18)21-3/h5-7,11-12H,1-4H3. The molecule has 0 saturated heterocycles. The third kappa shape index (κ3) is 2.97. The largest absolute Gasteiger partial charge is 0.469 e. The number of hydrogen-bond acceptors (Lipinski definition) is 6. The lowest BCUT2D eigenvalue weighted by Crippen LogP contribution is -2.46. The zero-order chi connectivity index (χ0) is 17.4. The van der Waals surface area contributed by atoms with Crippen molar-refractivity contribution in [2.75, 3.05) is 14.2 Å². The van der Waals surface area contributed by atoms with E-state index in [-0.39, 0.29) is 0 Å². The van der Waals surface area contributed by atoms with Crippen LogP contribution in [0.15, 0.2) is 22.7 Å². The first-order valence-electron chi connectivity index (χ1n) is 6.91. The molecule has 6 nitrogen and oxygen atoms in total. The number of carbonyl (C=O) groups is 3. The van der Waals surface area contributed by atoms with Crippen LogP contribution in [-0.4, -0.2) is 32.1 Å². The van der Waals surface area contributed by atoms with Gasteiger partial charge in [-0.15, -0.1) is 0 Å². The van der Waals surface area contributed by atoms with Gasteiger partial charge in [-0.2, -0.15) is 0 Å². The summed E-state index contributed by atoms with van der Waals surface area (Å²) < 4.78 is 15.6. The van der Waals surface area contributed by atoms with Crippen molar-refractivity contribution < 1.29 is 28.6 Å². The third-order valence-corrected chi connectivity index (χ3v) is 4.54. The summed E-state index contributed by atoms with van der Waals surface area (Å²) in [6, 6.07) is 5.06. The molecule has 0 N–H and O–H groups in total. The Balaban J connectivity index is 2.68. The lowest BCUT2D eigenvalue weighted by molar-refractivity contribution is -0.163.